The highest BCUT2D eigenvalue weighted by molar-refractivity contribution is 7.91. The van der Waals surface area contributed by atoms with Gasteiger partial charge in [-0.1, -0.05) is 42.5 Å². The van der Waals surface area contributed by atoms with Crippen molar-refractivity contribution in [2.75, 3.05) is 24.3 Å². The van der Waals surface area contributed by atoms with Gasteiger partial charge >= 0.3 is 0 Å². The second-order valence-corrected chi connectivity index (χ2v) is 8.70. The summed E-state index contributed by atoms with van der Waals surface area (Å²) in [5.74, 6) is 1.32. The number of ether oxygens (including phenoxy) is 2. The Hall–Kier alpha value is -3.85. The minimum absolute atomic E-state index is 0.0985. The van der Waals surface area contributed by atoms with E-state index in [0.29, 0.717) is 33.8 Å². The zero-order chi connectivity index (χ0) is 22.6. The molecule has 0 unspecified atom stereocenters. The summed E-state index contributed by atoms with van der Waals surface area (Å²) in [5, 5.41) is 3.14. The molecule has 164 valence electrons. The van der Waals surface area contributed by atoms with Crippen molar-refractivity contribution in [3.05, 3.63) is 78.4 Å². The Morgan fingerprint density at radius 1 is 0.781 bits per heavy atom. The van der Waals surface area contributed by atoms with Gasteiger partial charge in [0.25, 0.3) is 0 Å². The Balaban J connectivity index is 1.72. The van der Waals surface area contributed by atoms with Gasteiger partial charge in [0.15, 0.2) is 11.6 Å². The lowest BCUT2D eigenvalue weighted by molar-refractivity contribution is 0.395. The fourth-order valence-corrected chi connectivity index (χ4v) is 4.29. The number of benzene rings is 3. The van der Waals surface area contributed by atoms with Crippen molar-refractivity contribution >= 4 is 38.4 Å². The number of rotatable bonds is 8. The number of methoxy groups -OCH3 is 2. The molecule has 0 atom stereocenters. The van der Waals surface area contributed by atoms with Crippen molar-refractivity contribution < 1.29 is 17.9 Å². The second-order valence-electron chi connectivity index (χ2n) is 6.98. The summed E-state index contributed by atoms with van der Waals surface area (Å²) in [4.78, 5) is 9.10. The average molecular weight is 451 g/mol. The molecule has 32 heavy (non-hydrogen) atoms. The Bertz CT molecular complexity index is 1320. The maximum absolute atomic E-state index is 12.9. The van der Waals surface area contributed by atoms with Crippen molar-refractivity contribution in [1.29, 1.82) is 0 Å². The van der Waals surface area contributed by atoms with E-state index in [9.17, 15) is 8.42 Å². The van der Waals surface area contributed by atoms with Gasteiger partial charge in [0.1, 0.15) is 11.5 Å². The molecule has 0 saturated carbocycles. The van der Waals surface area contributed by atoms with Crippen LogP contribution in [0.25, 0.3) is 11.0 Å². The first kappa shape index (κ1) is 21.4. The summed E-state index contributed by atoms with van der Waals surface area (Å²) in [7, 11) is -0.632. The Morgan fingerprint density at radius 2 is 1.34 bits per heavy atom. The van der Waals surface area contributed by atoms with E-state index in [4.69, 9.17) is 9.47 Å². The molecule has 0 spiro atoms. The molecule has 0 amide bonds. The van der Waals surface area contributed by atoms with Crippen LogP contribution in [0, 0.1) is 0 Å². The van der Waals surface area contributed by atoms with E-state index < -0.39 is 10.0 Å². The maximum Gasteiger partial charge on any atom is 0.238 e. The van der Waals surface area contributed by atoms with Crippen molar-refractivity contribution in [2.24, 2.45) is 0 Å². The van der Waals surface area contributed by atoms with E-state index in [-0.39, 0.29) is 17.4 Å². The number of hydrogen-bond acceptors (Lipinski definition) is 7. The summed E-state index contributed by atoms with van der Waals surface area (Å²) < 4.78 is 38.9. The predicted octanol–water partition coefficient (Wildman–Crippen LogP) is 4.33. The minimum atomic E-state index is -3.74. The van der Waals surface area contributed by atoms with Gasteiger partial charge in [-0.15, -0.1) is 0 Å². The van der Waals surface area contributed by atoms with Crippen molar-refractivity contribution in [3.8, 4) is 11.5 Å². The van der Waals surface area contributed by atoms with Crippen LogP contribution in [0.5, 0.6) is 11.5 Å². The van der Waals surface area contributed by atoms with Crippen LogP contribution in [-0.4, -0.2) is 32.6 Å². The van der Waals surface area contributed by atoms with Gasteiger partial charge in [0.2, 0.25) is 10.0 Å². The molecule has 1 aromatic heterocycles. The van der Waals surface area contributed by atoms with Gasteiger partial charge in [-0.05, 0) is 17.7 Å². The highest BCUT2D eigenvalue weighted by Crippen LogP contribution is 2.31. The summed E-state index contributed by atoms with van der Waals surface area (Å²) in [6.45, 7) is 0. The molecule has 9 heteroatoms. The molecule has 0 aliphatic carbocycles. The molecule has 0 radical (unpaired) electrons. The van der Waals surface area contributed by atoms with E-state index in [1.807, 2.05) is 24.3 Å². The smallest absolute Gasteiger partial charge is 0.238 e. The first-order valence-electron chi connectivity index (χ1n) is 9.77. The normalized spacial score (nSPS) is 11.2. The lowest BCUT2D eigenvalue weighted by atomic mass is 10.2. The number of sulfonamides is 1. The quantitative estimate of drug-likeness (QED) is 0.412. The molecule has 0 bridgehead atoms. The van der Waals surface area contributed by atoms with Gasteiger partial charge < -0.3 is 14.8 Å². The van der Waals surface area contributed by atoms with Crippen molar-refractivity contribution in [1.82, 2.24) is 9.97 Å². The van der Waals surface area contributed by atoms with Crippen LogP contribution in [0.15, 0.2) is 72.8 Å². The van der Waals surface area contributed by atoms with E-state index >= 15 is 0 Å². The Kier molecular flexibility index (Phi) is 6.09. The van der Waals surface area contributed by atoms with Crippen LogP contribution in [0.1, 0.15) is 5.56 Å². The zero-order valence-electron chi connectivity index (χ0n) is 17.6. The van der Waals surface area contributed by atoms with Gasteiger partial charge in [0, 0.05) is 23.9 Å². The van der Waals surface area contributed by atoms with Crippen LogP contribution in [0.2, 0.25) is 0 Å². The van der Waals surface area contributed by atoms with Crippen LogP contribution >= 0.6 is 0 Å². The van der Waals surface area contributed by atoms with Crippen LogP contribution < -0.4 is 19.5 Å². The number of nitrogens with zero attached hydrogens (tertiary/aromatic N) is 2. The topological polar surface area (TPSA) is 102 Å². The zero-order valence-corrected chi connectivity index (χ0v) is 18.4. The van der Waals surface area contributed by atoms with Crippen molar-refractivity contribution in [2.45, 2.75) is 5.75 Å². The molecule has 8 nitrogen and oxygen atoms in total. The number of para-hydroxylation sites is 2. The van der Waals surface area contributed by atoms with E-state index in [1.54, 1.807) is 62.8 Å². The third-order valence-corrected chi connectivity index (χ3v) is 5.85. The summed E-state index contributed by atoms with van der Waals surface area (Å²) in [5.41, 5.74) is 2.46. The fraction of sp³-hybridized carbons (Fsp3) is 0.130. The molecule has 0 aliphatic rings. The molecule has 0 fully saturated rings. The first-order chi connectivity index (χ1) is 15.5. The molecule has 3 aromatic carbocycles. The van der Waals surface area contributed by atoms with E-state index in [2.05, 4.69) is 20.0 Å². The Morgan fingerprint density at radius 3 is 1.94 bits per heavy atom. The molecule has 4 rings (SSSR count). The SMILES string of the molecule is COc1cc(Nc2nc3ccccc3nc2NS(=O)(=O)Cc2ccccc2)cc(OC)c1. The lowest BCUT2D eigenvalue weighted by Crippen LogP contribution is -2.17. The number of hydrogen-bond donors (Lipinski definition) is 2. The molecule has 0 aliphatic heterocycles. The van der Waals surface area contributed by atoms with E-state index in [1.165, 1.54) is 0 Å². The maximum atomic E-state index is 12.9. The third-order valence-electron chi connectivity index (χ3n) is 4.64. The van der Waals surface area contributed by atoms with Crippen LogP contribution in [0.4, 0.5) is 17.3 Å². The lowest BCUT2D eigenvalue weighted by Gasteiger charge is -2.15. The summed E-state index contributed by atoms with van der Waals surface area (Å²) in [6.07, 6.45) is 0. The van der Waals surface area contributed by atoms with E-state index in [0.717, 1.165) is 0 Å². The molecule has 1 heterocycles. The predicted molar refractivity (Wildman–Crippen MR) is 125 cm³/mol. The molecule has 2 N–H and O–H groups in total. The van der Waals surface area contributed by atoms with Gasteiger partial charge in [0.05, 0.1) is 31.0 Å². The third kappa shape index (κ3) is 5.06. The minimum Gasteiger partial charge on any atom is -0.497 e. The van der Waals surface area contributed by atoms with Crippen molar-refractivity contribution in [3.63, 3.8) is 0 Å². The van der Waals surface area contributed by atoms with Gasteiger partial charge in [-0.3, -0.25) is 4.72 Å². The molecular weight excluding hydrogens is 428 g/mol. The monoisotopic (exact) mass is 450 g/mol. The number of anilines is 3. The van der Waals surface area contributed by atoms with Crippen LogP contribution in [-0.2, 0) is 15.8 Å². The highest BCUT2D eigenvalue weighted by atomic mass is 32.2. The largest absolute Gasteiger partial charge is 0.497 e. The summed E-state index contributed by atoms with van der Waals surface area (Å²) in [6, 6.07) is 21.4. The highest BCUT2D eigenvalue weighted by Gasteiger charge is 2.18. The Labute approximate surface area is 186 Å². The number of fused-ring (bicyclic) bond motifs is 1. The van der Waals surface area contributed by atoms with Crippen LogP contribution in [0.3, 0.4) is 0 Å². The standard InChI is InChI=1S/C23H22N4O4S/c1-30-18-12-17(13-19(14-18)31-2)24-22-23(26-21-11-7-6-10-20(21)25-22)27-32(28,29)15-16-8-4-3-5-9-16/h3-14H,15H2,1-2H3,(H,24,25)(H,26,27). The molecular formula is C23H22N4O4S. The number of nitrogens with one attached hydrogen (secondary N) is 2. The molecule has 0 saturated heterocycles. The average Bonchev–Trinajstić information content (AvgIpc) is 2.79. The number of aromatic nitrogens is 2. The molecule has 4 aromatic rings. The fourth-order valence-electron chi connectivity index (χ4n) is 3.15. The first-order valence-corrected chi connectivity index (χ1v) is 11.4. The summed E-state index contributed by atoms with van der Waals surface area (Å²) >= 11 is 0. The van der Waals surface area contributed by atoms with Gasteiger partial charge in [-0.25, -0.2) is 18.4 Å². The van der Waals surface area contributed by atoms with Gasteiger partial charge in [-0.2, -0.15) is 0 Å². The second kappa shape index (κ2) is 9.11.